The second-order valence-corrected chi connectivity index (χ2v) is 10.6. The zero-order valence-corrected chi connectivity index (χ0v) is 22.3. The number of ether oxygens (including phenoxy) is 1. The number of rotatable bonds is 10. The van der Waals surface area contributed by atoms with Crippen LogP contribution in [-0.4, -0.2) is 47.0 Å². The molecule has 1 aromatic rings. The minimum absolute atomic E-state index is 0.104. The molecule has 0 heterocycles. The number of nitrogens with one attached hydrogen (secondary N) is 2. The molecule has 0 fully saturated rings. The lowest BCUT2D eigenvalue weighted by molar-refractivity contribution is -0.142. The van der Waals surface area contributed by atoms with Gasteiger partial charge in [-0.25, -0.2) is 4.79 Å². The van der Waals surface area contributed by atoms with Gasteiger partial charge in [0, 0.05) is 12.6 Å². The average Bonchev–Trinajstić information content (AvgIpc) is 2.63. The summed E-state index contributed by atoms with van der Waals surface area (Å²) in [6.45, 7) is 20.9. The average molecular weight is 474 g/mol. The summed E-state index contributed by atoms with van der Waals surface area (Å²) in [5.74, 6) is -0.517. The van der Waals surface area contributed by atoms with E-state index in [-0.39, 0.29) is 30.3 Å². The fraction of sp³-hybridized carbons (Fsp3) is 0.593. The van der Waals surface area contributed by atoms with E-state index in [4.69, 9.17) is 4.74 Å². The minimum atomic E-state index is -0.874. The summed E-state index contributed by atoms with van der Waals surface area (Å²) in [7, 11) is 0. The van der Waals surface area contributed by atoms with E-state index < -0.39 is 23.8 Å². The van der Waals surface area contributed by atoms with E-state index in [1.54, 1.807) is 26.8 Å². The molecule has 7 nitrogen and oxygen atoms in total. The van der Waals surface area contributed by atoms with Gasteiger partial charge in [-0.05, 0) is 66.4 Å². The van der Waals surface area contributed by atoms with E-state index in [1.807, 2.05) is 59.7 Å². The van der Waals surface area contributed by atoms with Crippen LogP contribution in [0.4, 0.5) is 4.79 Å². The Labute approximate surface area is 205 Å². The van der Waals surface area contributed by atoms with Gasteiger partial charge >= 0.3 is 6.09 Å². The van der Waals surface area contributed by atoms with Crippen molar-refractivity contribution >= 4 is 17.9 Å². The Hall–Kier alpha value is -2.83. The number of benzene rings is 1. The molecule has 7 heteroatoms. The van der Waals surface area contributed by atoms with Crippen molar-refractivity contribution < 1.29 is 19.1 Å². The summed E-state index contributed by atoms with van der Waals surface area (Å²) >= 11 is 0. The summed E-state index contributed by atoms with van der Waals surface area (Å²) in [5, 5.41) is 5.68. The Kier molecular flexibility index (Phi) is 10.8. The highest BCUT2D eigenvalue weighted by atomic mass is 16.6. The summed E-state index contributed by atoms with van der Waals surface area (Å²) in [6.07, 6.45) is 1.33. The largest absolute Gasteiger partial charge is 0.444 e. The zero-order valence-electron chi connectivity index (χ0n) is 22.3. The molecule has 0 bridgehead atoms. The normalized spacial score (nSPS) is 13.3. The second kappa shape index (κ2) is 12.6. The van der Waals surface area contributed by atoms with Gasteiger partial charge in [-0.1, -0.05) is 49.2 Å². The standard InChI is InChI=1S/C27H43N3O4/c1-11-12-30(25(32)22(13-17(2)3)29-26(33)34-27(8,9)10)23(24(31)28-18(4)5)21-15-19(6)14-20(7)16-21/h11,14-18,22-23H,1,12-13H2,2-10H3,(H,28,31)(H,29,33). The fourth-order valence-electron chi connectivity index (χ4n) is 3.81. The number of alkyl carbamates (subject to hydrolysis) is 1. The first-order valence-electron chi connectivity index (χ1n) is 11.9. The van der Waals surface area contributed by atoms with Gasteiger partial charge in [0.15, 0.2) is 0 Å². The van der Waals surface area contributed by atoms with Gasteiger partial charge in [0.1, 0.15) is 17.7 Å². The van der Waals surface area contributed by atoms with Crippen LogP contribution >= 0.6 is 0 Å². The Balaban J connectivity index is 3.49. The molecular formula is C27H43N3O4. The molecule has 0 saturated carbocycles. The Morgan fingerprint density at radius 3 is 2.03 bits per heavy atom. The van der Waals surface area contributed by atoms with Crippen LogP contribution in [0.25, 0.3) is 0 Å². The Morgan fingerprint density at radius 1 is 1.03 bits per heavy atom. The van der Waals surface area contributed by atoms with Crippen molar-refractivity contribution in [2.75, 3.05) is 6.54 Å². The van der Waals surface area contributed by atoms with Crippen LogP contribution < -0.4 is 10.6 Å². The third kappa shape index (κ3) is 9.57. The number of carbonyl (C=O) groups is 3. The van der Waals surface area contributed by atoms with Crippen LogP contribution in [0.1, 0.15) is 77.6 Å². The molecule has 1 rings (SSSR count). The third-order valence-corrected chi connectivity index (χ3v) is 4.86. The first-order chi connectivity index (χ1) is 15.6. The molecule has 2 unspecified atom stereocenters. The number of hydrogen-bond donors (Lipinski definition) is 2. The van der Waals surface area contributed by atoms with Crippen molar-refractivity contribution in [2.45, 2.75) is 92.5 Å². The van der Waals surface area contributed by atoms with Crippen LogP contribution in [0.3, 0.4) is 0 Å². The number of carbonyl (C=O) groups excluding carboxylic acids is 3. The predicted molar refractivity (Wildman–Crippen MR) is 136 cm³/mol. The molecule has 3 amide bonds. The molecule has 2 N–H and O–H groups in total. The number of nitrogens with zero attached hydrogens (tertiary/aromatic N) is 1. The van der Waals surface area contributed by atoms with Crippen molar-refractivity contribution in [1.29, 1.82) is 0 Å². The molecule has 0 aliphatic rings. The lowest BCUT2D eigenvalue weighted by Crippen LogP contribution is -2.53. The van der Waals surface area contributed by atoms with Gasteiger partial charge in [-0.2, -0.15) is 0 Å². The van der Waals surface area contributed by atoms with E-state index in [2.05, 4.69) is 17.2 Å². The van der Waals surface area contributed by atoms with Crippen LogP contribution in [0.2, 0.25) is 0 Å². The van der Waals surface area contributed by atoms with Gasteiger partial charge in [0.05, 0.1) is 0 Å². The Morgan fingerprint density at radius 2 is 1.59 bits per heavy atom. The highest BCUT2D eigenvalue weighted by Crippen LogP contribution is 2.26. The van der Waals surface area contributed by atoms with Crippen molar-refractivity contribution in [3.05, 3.63) is 47.5 Å². The van der Waals surface area contributed by atoms with Crippen molar-refractivity contribution in [1.82, 2.24) is 15.5 Å². The molecular weight excluding hydrogens is 430 g/mol. The molecule has 0 saturated heterocycles. The maximum absolute atomic E-state index is 13.9. The molecule has 2 atom stereocenters. The van der Waals surface area contributed by atoms with Gasteiger partial charge in [-0.3, -0.25) is 9.59 Å². The van der Waals surface area contributed by atoms with Gasteiger partial charge in [0.25, 0.3) is 0 Å². The lowest BCUT2D eigenvalue weighted by atomic mass is 9.97. The SMILES string of the molecule is C=CCN(C(=O)C(CC(C)C)NC(=O)OC(C)(C)C)C(C(=O)NC(C)C)c1cc(C)cc(C)c1. The second-order valence-electron chi connectivity index (χ2n) is 10.6. The van der Waals surface area contributed by atoms with E-state index in [0.717, 1.165) is 11.1 Å². The molecule has 0 aromatic heterocycles. The highest BCUT2D eigenvalue weighted by Gasteiger charge is 2.36. The summed E-state index contributed by atoms with van der Waals surface area (Å²) in [6, 6.07) is 4.02. The minimum Gasteiger partial charge on any atom is -0.444 e. The third-order valence-electron chi connectivity index (χ3n) is 4.86. The first kappa shape index (κ1) is 29.2. The van der Waals surface area contributed by atoms with Crippen LogP contribution in [0.5, 0.6) is 0 Å². The summed E-state index contributed by atoms with van der Waals surface area (Å²) in [4.78, 5) is 41.3. The summed E-state index contributed by atoms with van der Waals surface area (Å²) < 4.78 is 5.40. The Bertz CT molecular complexity index is 851. The van der Waals surface area contributed by atoms with Gasteiger partial charge < -0.3 is 20.3 Å². The van der Waals surface area contributed by atoms with E-state index >= 15 is 0 Å². The first-order valence-corrected chi connectivity index (χ1v) is 11.9. The van der Waals surface area contributed by atoms with Gasteiger partial charge in [0.2, 0.25) is 11.8 Å². The summed E-state index contributed by atoms with van der Waals surface area (Å²) in [5.41, 5.74) is 2.00. The highest BCUT2D eigenvalue weighted by molar-refractivity contribution is 5.92. The molecule has 0 radical (unpaired) electrons. The van der Waals surface area contributed by atoms with Crippen LogP contribution in [0, 0.1) is 19.8 Å². The fourth-order valence-corrected chi connectivity index (χ4v) is 3.81. The maximum atomic E-state index is 13.9. The number of amides is 3. The quantitative estimate of drug-likeness (QED) is 0.477. The van der Waals surface area contributed by atoms with E-state index in [9.17, 15) is 14.4 Å². The van der Waals surface area contributed by atoms with Crippen molar-refractivity contribution in [3.8, 4) is 0 Å². The molecule has 0 spiro atoms. The van der Waals surface area contributed by atoms with E-state index in [1.165, 1.54) is 4.90 Å². The van der Waals surface area contributed by atoms with Gasteiger partial charge in [-0.15, -0.1) is 6.58 Å². The lowest BCUT2D eigenvalue weighted by Gasteiger charge is -2.35. The molecule has 190 valence electrons. The molecule has 1 aromatic carbocycles. The molecule has 0 aliphatic heterocycles. The van der Waals surface area contributed by atoms with Crippen LogP contribution in [-0.2, 0) is 14.3 Å². The van der Waals surface area contributed by atoms with Crippen molar-refractivity contribution in [3.63, 3.8) is 0 Å². The smallest absolute Gasteiger partial charge is 0.408 e. The predicted octanol–water partition coefficient (Wildman–Crippen LogP) is 4.82. The molecule has 34 heavy (non-hydrogen) atoms. The monoisotopic (exact) mass is 473 g/mol. The van der Waals surface area contributed by atoms with Crippen LogP contribution in [0.15, 0.2) is 30.9 Å². The van der Waals surface area contributed by atoms with E-state index in [0.29, 0.717) is 12.0 Å². The number of hydrogen-bond acceptors (Lipinski definition) is 4. The number of aryl methyl sites for hydroxylation is 2. The zero-order chi connectivity index (χ0) is 26.2. The maximum Gasteiger partial charge on any atom is 0.408 e. The topological polar surface area (TPSA) is 87.7 Å². The molecule has 0 aliphatic carbocycles. The van der Waals surface area contributed by atoms with Crippen molar-refractivity contribution in [2.24, 2.45) is 5.92 Å².